The first kappa shape index (κ1) is 17.2. The molecular formula is C10H17F3N2O4S. The first-order valence-corrected chi connectivity index (χ1v) is 7.62. The van der Waals surface area contributed by atoms with E-state index >= 15 is 0 Å². The van der Waals surface area contributed by atoms with Gasteiger partial charge >= 0.3 is 6.18 Å². The highest BCUT2D eigenvalue weighted by Crippen LogP contribution is 2.28. The Bertz CT molecular complexity index is 483. The van der Waals surface area contributed by atoms with Gasteiger partial charge in [-0.15, -0.1) is 0 Å². The lowest BCUT2D eigenvalue weighted by Gasteiger charge is -2.39. The molecule has 0 saturated carbocycles. The maximum atomic E-state index is 12.4. The summed E-state index contributed by atoms with van der Waals surface area (Å²) in [6.07, 6.45) is -6.57. The largest absolute Gasteiger partial charge is 0.416 e. The predicted octanol–water partition coefficient (Wildman–Crippen LogP) is -0.304. The van der Waals surface area contributed by atoms with E-state index in [9.17, 15) is 31.5 Å². The highest BCUT2D eigenvalue weighted by Gasteiger charge is 2.50. The summed E-state index contributed by atoms with van der Waals surface area (Å²) in [4.78, 5) is 11.7. The summed E-state index contributed by atoms with van der Waals surface area (Å²) >= 11 is 0. The molecule has 0 aromatic rings. The van der Waals surface area contributed by atoms with Crippen LogP contribution in [0.5, 0.6) is 0 Å². The highest BCUT2D eigenvalue weighted by atomic mass is 32.2. The van der Waals surface area contributed by atoms with Crippen LogP contribution in [-0.2, 0) is 14.8 Å². The third kappa shape index (κ3) is 3.83. The van der Waals surface area contributed by atoms with E-state index in [1.165, 1.54) is 0 Å². The summed E-state index contributed by atoms with van der Waals surface area (Å²) in [5, 5.41) is 11.3. The Morgan fingerprint density at radius 2 is 1.80 bits per heavy atom. The van der Waals surface area contributed by atoms with Gasteiger partial charge in [0.15, 0.2) is 6.10 Å². The Morgan fingerprint density at radius 3 is 2.15 bits per heavy atom. The van der Waals surface area contributed by atoms with Gasteiger partial charge in [0.2, 0.25) is 15.9 Å². The molecule has 1 saturated heterocycles. The van der Waals surface area contributed by atoms with Gasteiger partial charge in [-0.25, -0.2) is 12.7 Å². The van der Waals surface area contributed by atoms with Crippen LogP contribution in [0.4, 0.5) is 13.2 Å². The lowest BCUT2D eigenvalue weighted by Crippen LogP contribution is -2.62. The quantitative estimate of drug-likeness (QED) is 0.745. The highest BCUT2D eigenvalue weighted by molar-refractivity contribution is 7.88. The fourth-order valence-corrected chi connectivity index (χ4v) is 2.67. The van der Waals surface area contributed by atoms with Crippen molar-refractivity contribution in [2.24, 2.45) is 5.92 Å². The summed E-state index contributed by atoms with van der Waals surface area (Å²) in [5.41, 5.74) is -1.89. The van der Waals surface area contributed by atoms with Crippen LogP contribution in [0.15, 0.2) is 0 Å². The minimum atomic E-state index is -4.85. The number of halogens is 3. The van der Waals surface area contributed by atoms with E-state index < -0.39 is 39.7 Å². The number of hydrogen-bond acceptors (Lipinski definition) is 4. The number of aliphatic hydroxyl groups is 1. The minimum Gasteiger partial charge on any atom is -0.382 e. The number of carbonyl (C=O) groups excluding carboxylic acids is 1. The van der Waals surface area contributed by atoms with Gasteiger partial charge in [0.1, 0.15) is 0 Å². The molecule has 1 fully saturated rings. The second-order valence-electron chi connectivity index (χ2n) is 5.43. The normalized spacial score (nSPS) is 20.4. The van der Waals surface area contributed by atoms with Crippen molar-refractivity contribution in [3.8, 4) is 0 Å². The number of sulfonamides is 1. The van der Waals surface area contributed by atoms with Gasteiger partial charge in [0, 0.05) is 13.1 Å². The van der Waals surface area contributed by atoms with E-state index in [1.54, 1.807) is 0 Å². The molecule has 0 spiro atoms. The molecule has 10 heteroatoms. The van der Waals surface area contributed by atoms with Gasteiger partial charge in [-0.05, 0) is 13.8 Å². The number of aliphatic hydroxyl groups excluding tert-OH is 1. The smallest absolute Gasteiger partial charge is 0.382 e. The number of rotatable bonds is 4. The SMILES string of the molecule is CC(C)(NC(=O)C1CN(S(C)(=O)=O)C1)C(O)C(F)(F)F. The fraction of sp³-hybridized carbons (Fsp3) is 0.900. The third-order valence-electron chi connectivity index (χ3n) is 3.13. The molecule has 1 unspecified atom stereocenters. The van der Waals surface area contributed by atoms with Crippen LogP contribution in [0.3, 0.4) is 0 Å². The van der Waals surface area contributed by atoms with Crippen molar-refractivity contribution in [2.45, 2.75) is 31.7 Å². The van der Waals surface area contributed by atoms with E-state index in [2.05, 4.69) is 5.32 Å². The zero-order valence-corrected chi connectivity index (χ0v) is 12.0. The maximum absolute atomic E-state index is 12.4. The zero-order chi connectivity index (χ0) is 15.9. The Balaban J connectivity index is 2.60. The van der Waals surface area contributed by atoms with Crippen molar-refractivity contribution >= 4 is 15.9 Å². The molecule has 0 radical (unpaired) electrons. The first-order chi connectivity index (χ1) is 8.75. The van der Waals surface area contributed by atoms with Crippen LogP contribution in [0.2, 0.25) is 0 Å². The van der Waals surface area contributed by atoms with Crippen LogP contribution in [0, 0.1) is 5.92 Å². The Morgan fingerprint density at radius 1 is 1.35 bits per heavy atom. The van der Waals surface area contributed by atoms with Crippen LogP contribution in [-0.4, -0.2) is 60.9 Å². The van der Waals surface area contributed by atoms with E-state index in [0.29, 0.717) is 0 Å². The van der Waals surface area contributed by atoms with Crippen molar-refractivity contribution in [2.75, 3.05) is 19.3 Å². The number of alkyl halides is 3. The van der Waals surface area contributed by atoms with E-state index in [0.717, 1.165) is 24.4 Å². The summed E-state index contributed by atoms with van der Waals surface area (Å²) < 4.78 is 60.5. The molecule has 6 nitrogen and oxygen atoms in total. The number of amides is 1. The van der Waals surface area contributed by atoms with Crippen LogP contribution < -0.4 is 5.32 Å². The Labute approximate surface area is 115 Å². The summed E-state index contributed by atoms with van der Waals surface area (Å²) in [5.74, 6) is -1.41. The molecule has 1 amide bonds. The van der Waals surface area contributed by atoms with Gasteiger partial charge in [-0.3, -0.25) is 4.79 Å². The van der Waals surface area contributed by atoms with Crippen LogP contribution in [0.1, 0.15) is 13.8 Å². The van der Waals surface area contributed by atoms with Gasteiger partial charge in [0.25, 0.3) is 0 Å². The molecule has 1 heterocycles. The Kier molecular flexibility index (Phi) is 4.43. The lowest BCUT2D eigenvalue weighted by atomic mass is 9.94. The molecule has 1 aliphatic rings. The van der Waals surface area contributed by atoms with Gasteiger partial charge < -0.3 is 10.4 Å². The summed E-state index contributed by atoms with van der Waals surface area (Å²) in [6.45, 7) is 1.97. The molecule has 1 rings (SSSR count). The molecule has 118 valence electrons. The van der Waals surface area contributed by atoms with E-state index in [1.807, 2.05) is 0 Å². The van der Waals surface area contributed by atoms with Gasteiger partial charge in [0.05, 0.1) is 17.7 Å². The number of carbonyl (C=O) groups is 1. The van der Waals surface area contributed by atoms with Crippen molar-refractivity contribution < 1.29 is 31.5 Å². The molecule has 1 atom stereocenters. The second-order valence-corrected chi connectivity index (χ2v) is 7.41. The number of hydrogen-bond donors (Lipinski definition) is 2. The van der Waals surface area contributed by atoms with E-state index in [-0.39, 0.29) is 13.1 Å². The molecule has 20 heavy (non-hydrogen) atoms. The molecule has 2 N–H and O–H groups in total. The molecule has 0 bridgehead atoms. The van der Waals surface area contributed by atoms with Crippen LogP contribution >= 0.6 is 0 Å². The second kappa shape index (κ2) is 5.15. The standard InChI is InChI=1S/C10H17F3N2O4S/c1-9(2,8(17)10(11,12)13)14-7(16)6-4-15(5-6)20(3,18)19/h6,8,17H,4-5H2,1-3H3,(H,14,16). The fourth-order valence-electron chi connectivity index (χ4n) is 1.77. The zero-order valence-electron chi connectivity index (χ0n) is 11.2. The average molecular weight is 318 g/mol. The number of nitrogens with zero attached hydrogens (tertiary/aromatic N) is 1. The van der Waals surface area contributed by atoms with Crippen molar-refractivity contribution in [1.82, 2.24) is 9.62 Å². The molecule has 1 aliphatic heterocycles. The molecule has 0 aliphatic carbocycles. The van der Waals surface area contributed by atoms with Crippen molar-refractivity contribution in [3.63, 3.8) is 0 Å². The molecule has 0 aromatic heterocycles. The van der Waals surface area contributed by atoms with E-state index in [4.69, 9.17) is 0 Å². The van der Waals surface area contributed by atoms with Crippen molar-refractivity contribution in [3.05, 3.63) is 0 Å². The van der Waals surface area contributed by atoms with Gasteiger partial charge in [-0.2, -0.15) is 13.2 Å². The summed E-state index contributed by atoms with van der Waals surface area (Å²) in [7, 11) is -3.39. The predicted molar refractivity (Wildman–Crippen MR) is 64.2 cm³/mol. The lowest BCUT2D eigenvalue weighted by molar-refractivity contribution is -0.223. The summed E-state index contributed by atoms with van der Waals surface area (Å²) in [6, 6.07) is 0. The van der Waals surface area contributed by atoms with Crippen LogP contribution in [0.25, 0.3) is 0 Å². The van der Waals surface area contributed by atoms with Gasteiger partial charge in [-0.1, -0.05) is 0 Å². The molecular weight excluding hydrogens is 301 g/mol. The number of nitrogens with one attached hydrogen (secondary N) is 1. The minimum absolute atomic E-state index is 0.0666. The van der Waals surface area contributed by atoms with Crippen molar-refractivity contribution in [1.29, 1.82) is 0 Å². The topological polar surface area (TPSA) is 86.7 Å². The monoisotopic (exact) mass is 318 g/mol. The molecule has 0 aromatic carbocycles. The maximum Gasteiger partial charge on any atom is 0.416 e. The third-order valence-corrected chi connectivity index (χ3v) is 4.36. The Hall–Kier alpha value is -0.870. The first-order valence-electron chi connectivity index (χ1n) is 5.77. The average Bonchev–Trinajstić information content (AvgIpc) is 2.08.